The highest BCUT2D eigenvalue weighted by Crippen LogP contribution is 2.19. The number of nitrogens with one attached hydrogen (secondary N) is 1. The maximum atomic E-state index is 3.43. The number of hydrogen-bond donors (Lipinski definition) is 1. The Morgan fingerprint density at radius 2 is 1.67 bits per heavy atom. The molecule has 0 bridgehead atoms. The van der Waals surface area contributed by atoms with Gasteiger partial charge in [0.2, 0.25) is 0 Å². The molecule has 1 nitrogen and oxygen atoms in total. The Morgan fingerprint density at radius 1 is 1.00 bits per heavy atom. The van der Waals surface area contributed by atoms with Crippen LogP contribution in [0, 0.1) is 0 Å². The first kappa shape index (κ1) is 14.0. The zero-order chi connectivity index (χ0) is 11.5. The number of aryl methyl sites for hydroxylation is 1. The highest BCUT2D eigenvalue weighted by Gasteiger charge is 2.04. The summed E-state index contributed by atoms with van der Waals surface area (Å²) in [7, 11) is 0. The van der Waals surface area contributed by atoms with Crippen LogP contribution in [0.4, 0.5) is 5.69 Å². The second-order valence-corrected chi connectivity index (χ2v) is 3.04. The third kappa shape index (κ3) is 4.87. The monoisotopic (exact) mass is 209 g/mol. The van der Waals surface area contributed by atoms with Gasteiger partial charge in [-0.1, -0.05) is 45.9 Å². The number of benzene rings is 1. The normalized spacial score (nSPS) is 12.8. The van der Waals surface area contributed by atoms with E-state index in [2.05, 4.69) is 29.6 Å². The molecule has 1 aliphatic rings. The molecule has 1 N–H and O–H groups in total. The van der Waals surface area contributed by atoms with Gasteiger partial charge in [-0.05, 0) is 30.9 Å². The Hall–Kier alpha value is -0.980. The Labute approximate surface area is 96.4 Å². The number of fused-ring (bicyclic) bond motifs is 1. The number of anilines is 1. The lowest BCUT2D eigenvalue weighted by molar-refractivity contribution is 0.785. The highest BCUT2D eigenvalue weighted by molar-refractivity contribution is 5.51. The second-order valence-electron chi connectivity index (χ2n) is 3.04. The molecule has 0 fully saturated rings. The molecule has 0 amide bonds. The molecule has 0 saturated heterocycles. The Kier molecular flexibility index (Phi) is 8.95. The fourth-order valence-corrected chi connectivity index (χ4v) is 1.57. The molecule has 88 valence electrons. The summed E-state index contributed by atoms with van der Waals surface area (Å²) >= 11 is 0. The van der Waals surface area contributed by atoms with Crippen LogP contribution in [0.1, 0.15) is 47.5 Å². The van der Waals surface area contributed by atoms with E-state index >= 15 is 0 Å². The van der Waals surface area contributed by atoms with E-state index in [0.29, 0.717) is 0 Å². The van der Waals surface area contributed by atoms with Crippen molar-refractivity contribution in [3.05, 3.63) is 29.8 Å². The lowest BCUT2D eigenvalue weighted by atomic mass is 10.1. The molecule has 0 aromatic heterocycles. The summed E-state index contributed by atoms with van der Waals surface area (Å²) in [5.41, 5.74) is 2.81. The summed E-state index contributed by atoms with van der Waals surface area (Å²) in [6, 6.07) is 8.59. The van der Waals surface area contributed by atoms with Crippen molar-refractivity contribution < 1.29 is 1.43 Å². The maximum Gasteiger partial charge on any atom is 0.0372 e. The standard InChI is InChI=1S/C10H13N.2C2H6.H2/c1-2-7-10-9(5-1)6-3-4-8-11-10;2*1-2;/h1-2,5,7,11H,3-4,6,8H2;2*1-2H3;1H. The molecule has 0 radical (unpaired) electrons. The Balaban J connectivity index is 0. The first-order chi connectivity index (χ1) is 7.47. The highest BCUT2D eigenvalue weighted by atomic mass is 14.9. The molecular weight excluding hydrogens is 182 g/mol. The average molecular weight is 209 g/mol. The number of hydrogen-bond acceptors (Lipinski definition) is 1. The van der Waals surface area contributed by atoms with Gasteiger partial charge in [0, 0.05) is 13.7 Å². The summed E-state index contributed by atoms with van der Waals surface area (Å²) in [5, 5.41) is 3.43. The third-order valence-corrected chi connectivity index (χ3v) is 2.21. The molecule has 0 spiro atoms. The Morgan fingerprint density at radius 3 is 2.40 bits per heavy atom. The van der Waals surface area contributed by atoms with E-state index in [0.717, 1.165) is 6.54 Å². The molecule has 0 unspecified atom stereocenters. The second kappa shape index (κ2) is 9.57. The van der Waals surface area contributed by atoms with Crippen LogP contribution < -0.4 is 5.32 Å². The van der Waals surface area contributed by atoms with Crippen LogP contribution in [-0.2, 0) is 6.42 Å². The minimum Gasteiger partial charge on any atom is -0.385 e. The van der Waals surface area contributed by atoms with Crippen LogP contribution in [0.5, 0.6) is 0 Å². The van der Waals surface area contributed by atoms with Gasteiger partial charge in [-0.15, -0.1) is 0 Å². The molecule has 2 rings (SSSR count). The predicted octanol–water partition coefficient (Wildman–Crippen LogP) is 4.73. The van der Waals surface area contributed by atoms with E-state index in [-0.39, 0.29) is 1.43 Å². The zero-order valence-corrected chi connectivity index (χ0v) is 10.6. The van der Waals surface area contributed by atoms with Gasteiger partial charge in [-0.3, -0.25) is 0 Å². The molecule has 15 heavy (non-hydrogen) atoms. The van der Waals surface area contributed by atoms with Gasteiger partial charge < -0.3 is 5.32 Å². The third-order valence-electron chi connectivity index (χ3n) is 2.21. The van der Waals surface area contributed by atoms with Gasteiger partial charge in [0.25, 0.3) is 0 Å². The van der Waals surface area contributed by atoms with Gasteiger partial charge in [-0.2, -0.15) is 0 Å². The minimum absolute atomic E-state index is 0. The first-order valence-electron chi connectivity index (χ1n) is 6.28. The summed E-state index contributed by atoms with van der Waals surface area (Å²) in [4.78, 5) is 0. The molecule has 1 heteroatoms. The minimum atomic E-state index is 0. The molecule has 0 atom stereocenters. The zero-order valence-electron chi connectivity index (χ0n) is 10.6. The molecular formula is C14H27N. The SMILES string of the molecule is CC.CC.[HH].c1ccc2c(c1)CCCCN2. The van der Waals surface area contributed by atoms with E-state index in [1.54, 1.807) is 0 Å². The largest absolute Gasteiger partial charge is 0.385 e. The van der Waals surface area contributed by atoms with E-state index in [1.807, 2.05) is 27.7 Å². The lowest BCUT2D eigenvalue weighted by Crippen LogP contribution is -1.98. The summed E-state index contributed by atoms with van der Waals surface area (Å²) in [6.45, 7) is 9.14. The van der Waals surface area contributed by atoms with Crippen LogP contribution in [-0.4, -0.2) is 6.54 Å². The van der Waals surface area contributed by atoms with Gasteiger partial charge >= 0.3 is 0 Å². The van der Waals surface area contributed by atoms with Gasteiger partial charge in [0.15, 0.2) is 0 Å². The van der Waals surface area contributed by atoms with Crippen molar-refractivity contribution in [1.29, 1.82) is 0 Å². The molecule has 1 heterocycles. The topological polar surface area (TPSA) is 12.0 Å². The van der Waals surface area contributed by atoms with E-state index in [1.165, 1.54) is 30.5 Å². The maximum absolute atomic E-state index is 3.43. The number of para-hydroxylation sites is 1. The van der Waals surface area contributed by atoms with Crippen LogP contribution in [0.15, 0.2) is 24.3 Å². The smallest absolute Gasteiger partial charge is 0.0372 e. The van der Waals surface area contributed by atoms with Crippen molar-refractivity contribution in [2.45, 2.75) is 47.0 Å². The van der Waals surface area contributed by atoms with Gasteiger partial charge in [-0.25, -0.2) is 0 Å². The van der Waals surface area contributed by atoms with Crippen molar-refractivity contribution >= 4 is 5.69 Å². The van der Waals surface area contributed by atoms with Crippen LogP contribution in [0.3, 0.4) is 0 Å². The summed E-state index contributed by atoms with van der Waals surface area (Å²) in [5.74, 6) is 0. The summed E-state index contributed by atoms with van der Waals surface area (Å²) < 4.78 is 0. The summed E-state index contributed by atoms with van der Waals surface area (Å²) in [6.07, 6.45) is 3.86. The average Bonchev–Trinajstić information content (AvgIpc) is 2.59. The molecule has 1 aliphatic heterocycles. The van der Waals surface area contributed by atoms with Crippen molar-refractivity contribution in [3.8, 4) is 0 Å². The van der Waals surface area contributed by atoms with Crippen molar-refractivity contribution in [1.82, 2.24) is 0 Å². The van der Waals surface area contributed by atoms with Crippen LogP contribution >= 0.6 is 0 Å². The Bertz CT molecular complexity index is 223. The molecule has 0 aliphatic carbocycles. The quantitative estimate of drug-likeness (QED) is 0.651. The fourth-order valence-electron chi connectivity index (χ4n) is 1.57. The predicted molar refractivity (Wildman–Crippen MR) is 72.7 cm³/mol. The first-order valence-corrected chi connectivity index (χ1v) is 6.28. The molecule has 1 aromatic carbocycles. The van der Waals surface area contributed by atoms with E-state index in [9.17, 15) is 0 Å². The van der Waals surface area contributed by atoms with Crippen molar-refractivity contribution in [2.24, 2.45) is 0 Å². The van der Waals surface area contributed by atoms with Crippen LogP contribution in [0.25, 0.3) is 0 Å². The van der Waals surface area contributed by atoms with E-state index in [4.69, 9.17) is 0 Å². The number of rotatable bonds is 0. The van der Waals surface area contributed by atoms with Gasteiger partial charge in [0.1, 0.15) is 0 Å². The van der Waals surface area contributed by atoms with E-state index < -0.39 is 0 Å². The fraction of sp³-hybridized carbons (Fsp3) is 0.571. The van der Waals surface area contributed by atoms with Crippen molar-refractivity contribution in [3.63, 3.8) is 0 Å². The molecule has 0 saturated carbocycles. The van der Waals surface area contributed by atoms with Crippen molar-refractivity contribution in [2.75, 3.05) is 11.9 Å². The molecule has 1 aromatic rings. The van der Waals surface area contributed by atoms with Gasteiger partial charge in [0.05, 0.1) is 0 Å². The van der Waals surface area contributed by atoms with Crippen LogP contribution in [0.2, 0.25) is 0 Å². The lowest BCUT2D eigenvalue weighted by Gasteiger charge is -2.04.